The number of nitrogens with two attached hydrogens (primary N) is 2. The van der Waals surface area contributed by atoms with Gasteiger partial charge < -0.3 is 25.8 Å². The lowest BCUT2D eigenvalue weighted by Gasteiger charge is -2.33. The van der Waals surface area contributed by atoms with Crippen molar-refractivity contribution in [2.45, 2.75) is 32.2 Å². The summed E-state index contributed by atoms with van der Waals surface area (Å²) in [6.07, 6.45) is 5.66. The van der Waals surface area contributed by atoms with E-state index in [1.807, 2.05) is 42.2 Å². The highest BCUT2D eigenvalue weighted by atomic mass is 35.5. The van der Waals surface area contributed by atoms with Crippen molar-refractivity contribution in [3.05, 3.63) is 88.2 Å². The van der Waals surface area contributed by atoms with Gasteiger partial charge in [0.05, 0.1) is 5.70 Å². The smallest absolute Gasteiger partial charge is 0.188 e. The maximum absolute atomic E-state index is 7.00. The molecule has 31 heavy (non-hydrogen) atoms. The van der Waals surface area contributed by atoms with Gasteiger partial charge in [-0.05, 0) is 60.4 Å². The monoisotopic (exact) mass is 444 g/mol. The van der Waals surface area contributed by atoms with E-state index in [4.69, 9.17) is 32.9 Å². The largest absolute Gasteiger partial charge is 0.403 e. The third-order valence-electron chi connectivity index (χ3n) is 5.21. The van der Waals surface area contributed by atoms with Gasteiger partial charge in [0.2, 0.25) is 0 Å². The quantitative estimate of drug-likeness (QED) is 0.386. The van der Waals surface area contributed by atoms with Gasteiger partial charge in [-0.1, -0.05) is 35.9 Å². The lowest BCUT2D eigenvalue weighted by Crippen LogP contribution is -2.43. The van der Waals surface area contributed by atoms with Gasteiger partial charge in [0, 0.05) is 50.1 Å². The van der Waals surface area contributed by atoms with Crippen molar-refractivity contribution in [1.82, 2.24) is 5.32 Å². The Bertz CT molecular complexity index is 901. The molecule has 7 heteroatoms. The van der Waals surface area contributed by atoms with Crippen LogP contribution >= 0.6 is 11.6 Å². The fourth-order valence-electron chi connectivity index (χ4n) is 3.83. The molecule has 0 amide bonds. The van der Waals surface area contributed by atoms with Crippen LogP contribution in [0, 0.1) is 0 Å². The number of halogens is 1. The summed E-state index contributed by atoms with van der Waals surface area (Å²) in [7, 11) is 2.59. The number of anilines is 1. The summed E-state index contributed by atoms with van der Waals surface area (Å²) in [5.74, 6) is 0.338. The van der Waals surface area contributed by atoms with Crippen LogP contribution in [-0.4, -0.2) is 32.2 Å². The molecule has 2 unspecified atom stereocenters. The Balaban J connectivity index is 0.00000166. The van der Waals surface area contributed by atoms with Crippen LogP contribution in [0.15, 0.2) is 66.5 Å². The summed E-state index contributed by atoms with van der Waals surface area (Å²) in [6.45, 7) is 3.71. The van der Waals surface area contributed by atoms with Gasteiger partial charge in [0.15, 0.2) is 6.35 Å². The molecule has 2 aromatic carbocycles. The second-order valence-corrected chi connectivity index (χ2v) is 7.57. The number of nitrogens with one attached hydrogen (secondary N) is 1. The number of allylic oxidation sites excluding steroid dienone is 2. The zero-order valence-electron chi connectivity index (χ0n) is 18.4. The first-order chi connectivity index (χ1) is 15.1. The van der Waals surface area contributed by atoms with Gasteiger partial charge in [-0.2, -0.15) is 0 Å². The Labute approximate surface area is 190 Å². The van der Waals surface area contributed by atoms with E-state index >= 15 is 0 Å². The van der Waals surface area contributed by atoms with Gasteiger partial charge in [0.25, 0.3) is 0 Å². The van der Waals surface area contributed by atoms with E-state index in [2.05, 4.69) is 29.6 Å². The Morgan fingerprint density at radius 3 is 2.74 bits per heavy atom. The molecule has 0 saturated heterocycles. The zero-order chi connectivity index (χ0) is 22.8. The number of ether oxygens (including phenoxy) is 1. The number of fused-ring (bicyclic) bond motifs is 1. The molecule has 1 heterocycles. The van der Waals surface area contributed by atoms with Gasteiger partial charge in [-0.25, -0.2) is 0 Å². The van der Waals surface area contributed by atoms with Crippen LogP contribution in [0.5, 0.6) is 0 Å². The highest BCUT2D eigenvalue weighted by Gasteiger charge is 2.24. The number of nitrogens with zero attached hydrogens (tertiary/aromatic N) is 1. The van der Waals surface area contributed by atoms with Crippen molar-refractivity contribution >= 4 is 17.3 Å². The maximum atomic E-state index is 7.00. The molecule has 6 N–H and O–H groups in total. The fraction of sp³-hybridized carbons (Fsp3) is 0.333. The van der Waals surface area contributed by atoms with E-state index in [-0.39, 0.29) is 0 Å². The Hall–Kier alpha value is -2.35. The van der Waals surface area contributed by atoms with E-state index in [0.717, 1.165) is 43.0 Å². The van der Waals surface area contributed by atoms with Crippen molar-refractivity contribution in [3.63, 3.8) is 0 Å². The Morgan fingerprint density at radius 2 is 2.10 bits per heavy atom. The topological polar surface area (TPSA) is 96.8 Å². The first-order valence-corrected chi connectivity index (χ1v) is 10.6. The van der Waals surface area contributed by atoms with E-state index in [9.17, 15) is 0 Å². The second kappa shape index (κ2) is 12.5. The number of methoxy groups -OCH3 is 1. The third kappa shape index (κ3) is 6.32. The predicted molar refractivity (Wildman–Crippen MR) is 129 cm³/mol. The average Bonchev–Trinajstić information content (AvgIpc) is 2.80. The van der Waals surface area contributed by atoms with Crippen molar-refractivity contribution in [1.29, 1.82) is 0 Å². The number of hydrogen-bond donors (Lipinski definition) is 4. The number of hydrogen-bond acceptors (Lipinski definition) is 6. The Kier molecular flexibility index (Phi) is 10.0. The normalized spacial score (nSPS) is 17.0. The summed E-state index contributed by atoms with van der Waals surface area (Å²) in [5.41, 5.74) is 17.7. The molecule has 3 rings (SSSR count). The molecule has 0 saturated carbocycles. The fourth-order valence-corrected chi connectivity index (χ4v) is 4.04. The van der Waals surface area contributed by atoms with Gasteiger partial charge in [-0.15, -0.1) is 0 Å². The van der Waals surface area contributed by atoms with Crippen molar-refractivity contribution < 1.29 is 9.84 Å². The van der Waals surface area contributed by atoms with Crippen LogP contribution in [0.2, 0.25) is 5.02 Å². The first-order valence-electron chi connectivity index (χ1n) is 10.2. The average molecular weight is 445 g/mol. The molecular formula is C24H33ClN4O2. The molecule has 0 bridgehead atoms. The highest BCUT2D eigenvalue weighted by Crippen LogP contribution is 2.33. The summed E-state index contributed by atoms with van der Waals surface area (Å²) >= 11 is 6.19. The van der Waals surface area contributed by atoms with Gasteiger partial charge in [-0.3, -0.25) is 5.73 Å². The predicted octanol–water partition coefficient (Wildman–Crippen LogP) is 3.45. The number of rotatable bonds is 7. The van der Waals surface area contributed by atoms with Crippen molar-refractivity contribution in [2.24, 2.45) is 11.5 Å². The van der Waals surface area contributed by atoms with Crippen molar-refractivity contribution in [2.75, 3.05) is 25.7 Å². The summed E-state index contributed by atoms with van der Waals surface area (Å²) in [4.78, 5) is 1.90. The van der Waals surface area contributed by atoms with Crippen molar-refractivity contribution in [3.8, 4) is 0 Å². The number of aliphatic hydroxyl groups is 1. The van der Waals surface area contributed by atoms with Crippen LogP contribution in [0.3, 0.4) is 0 Å². The molecule has 168 valence electrons. The molecule has 0 aliphatic carbocycles. The van der Waals surface area contributed by atoms with E-state index in [1.165, 1.54) is 16.7 Å². The molecule has 0 radical (unpaired) electrons. The van der Waals surface area contributed by atoms with E-state index in [1.54, 1.807) is 13.3 Å². The Morgan fingerprint density at radius 1 is 1.32 bits per heavy atom. The number of aliphatic hydroxyl groups excluding tert-OH is 1. The summed E-state index contributed by atoms with van der Waals surface area (Å²) < 4.78 is 5.42. The lowest BCUT2D eigenvalue weighted by molar-refractivity contribution is 0.111. The molecule has 2 aromatic rings. The van der Waals surface area contributed by atoms with Crippen LogP contribution in [0.25, 0.3) is 0 Å². The molecule has 2 atom stereocenters. The van der Waals surface area contributed by atoms with Crippen LogP contribution in [-0.2, 0) is 17.7 Å². The van der Waals surface area contributed by atoms with E-state index < -0.39 is 6.35 Å². The molecule has 0 aromatic heterocycles. The minimum atomic E-state index is -0.646. The van der Waals surface area contributed by atoms with E-state index in [0.29, 0.717) is 5.92 Å². The summed E-state index contributed by atoms with van der Waals surface area (Å²) in [6, 6.07) is 14.5. The lowest BCUT2D eigenvalue weighted by atomic mass is 9.86. The SMILES string of the molecule is C/C=C\C(=C/N)N(c1ccc2c(c1)C(Cc1cccc(Cl)c1)CNC2)C(N)OC.CO. The van der Waals surface area contributed by atoms with Crippen LogP contribution in [0.1, 0.15) is 29.5 Å². The van der Waals surface area contributed by atoms with Gasteiger partial charge in [0.1, 0.15) is 0 Å². The number of benzene rings is 2. The third-order valence-corrected chi connectivity index (χ3v) is 5.44. The standard InChI is InChI=1S/C23H29ClN4O.CH4O/c1-3-5-21(13-25)28(23(26)29-2)20-9-8-17-14-27-15-18(22(17)12-20)10-16-6-4-7-19(24)11-16;1-2/h3-9,11-13,18,23,27H,10,14-15,25-26H2,1-2H3;2H,1H3/b5-3-,21-13+;. The zero-order valence-corrected chi connectivity index (χ0v) is 19.1. The van der Waals surface area contributed by atoms with Crippen LogP contribution in [0.4, 0.5) is 5.69 Å². The van der Waals surface area contributed by atoms with Gasteiger partial charge >= 0.3 is 0 Å². The van der Waals surface area contributed by atoms with Crippen LogP contribution < -0.4 is 21.7 Å². The molecular weight excluding hydrogens is 412 g/mol. The minimum absolute atomic E-state index is 0.338. The first kappa shape index (κ1) is 24.9. The molecule has 0 fully saturated rings. The maximum Gasteiger partial charge on any atom is 0.188 e. The second-order valence-electron chi connectivity index (χ2n) is 7.13. The molecule has 0 spiro atoms. The summed E-state index contributed by atoms with van der Waals surface area (Å²) in [5, 5.41) is 11.3. The highest BCUT2D eigenvalue weighted by molar-refractivity contribution is 6.30. The minimum Gasteiger partial charge on any atom is -0.403 e. The molecule has 1 aliphatic rings. The molecule has 1 aliphatic heterocycles. The molecule has 6 nitrogen and oxygen atoms in total.